The lowest BCUT2D eigenvalue weighted by atomic mass is 10.1. The van der Waals surface area contributed by atoms with Gasteiger partial charge in [-0.2, -0.15) is 0 Å². The number of hydrogen-bond acceptors (Lipinski definition) is 4. The molecule has 1 unspecified atom stereocenters. The molecular weight excluding hydrogens is 364 g/mol. The van der Waals surface area contributed by atoms with Crippen LogP contribution >= 0.6 is 0 Å². The molecule has 1 atom stereocenters. The SMILES string of the molecule is CNS(=O)(=O)C1CCCN(C(=O)c2ccccc2Oc2cccc(C)c2)C1. The standard InChI is InChI=1S/C20H24N2O4S/c1-15-7-5-8-16(13-15)26-19-11-4-3-10-18(19)20(23)22-12-6-9-17(14-22)27(24,25)21-2/h3-5,7-8,10-11,13,17,21H,6,9,12,14H2,1-2H3. The van der Waals surface area contributed by atoms with E-state index in [0.717, 1.165) is 5.56 Å². The molecule has 0 aromatic heterocycles. The Bertz CT molecular complexity index is 927. The van der Waals surface area contributed by atoms with Crippen LogP contribution in [0.5, 0.6) is 11.5 Å². The Hall–Kier alpha value is -2.38. The minimum Gasteiger partial charge on any atom is -0.457 e. The van der Waals surface area contributed by atoms with Crippen LogP contribution in [0.25, 0.3) is 0 Å². The zero-order chi connectivity index (χ0) is 19.4. The van der Waals surface area contributed by atoms with Crippen molar-refractivity contribution in [2.45, 2.75) is 25.0 Å². The van der Waals surface area contributed by atoms with Gasteiger partial charge in [0, 0.05) is 13.1 Å². The summed E-state index contributed by atoms with van der Waals surface area (Å²) in [6.07, 6.45) is 1.20. The van der Waals surface area contributed by atoms with Gasteiger partial charge in [0.15, 0.2) is 0 Å². The number of carbonyl (C=O) groups is 1. The highest BCUT2D eigenvalue weighted by atomic mass is 32.2. The van der Waals surface area contributed by atoms with Crippen molar-refractivity contribution in [1.82, 2.24) is 9.62 Å². The van der Waals surface area contributed by atoms with Gasteiger partial charge in [-0.05, 0) is 56.6 Å². The van der Waals surface area contributed by atoms with Gasteiger partial charge in [-0.3, -0.25) is 4.79 Å². The van der Waals surface area contributed by atoms with E-state index in [4.69, 9.17) is 4.74 Å². The first-order valence-electron chi connectivity index (χ1n) is 8.96. The number of likely N-dealkylation sites (tertiary alicyclic amines) is 1. The molecule has 1 fully saturated rings. The van der Waals surface area contributed by atoms with Gasteiger partial charge in [-0.15, -0.1) is 0 Å². The molecule has 1 heterocycles. The number of carbonyl (C=O) groups excluding carboxylic acids is 1. The Morgan fingerprint density at radius 3 is 2.70 bits per heavy atom. The van der Waals surface area contributed by atoms with E-state index in [9.17, 15) is 13.2 Å². The number of sulfonamides is 1. The molecule has 144 valence electrons. The molecule has 0 saturated carbocycles. The molecule has 1 amide bonds. The number of para-hydroxylation sites is 1. The predicted molar refractivity (Wildman–Crippen MR) is 105 cm³/mol. The third kappa shape index (κ3) is 4.48. The number of amides is 1. The van der Waals surface area contributed by atoms with Crippen LogP contribution in [0.4, 0.5) is 0 Å². The van der Waals surface area contributed by atoms with Gasteiger partial charge in [0.2, 0.25) is 10.0 Å². The lowest BCUT2D eigenvalue weighted by molar-refractivity contribution is 0.0724. The van der Waals surface area contributed by atoms with Crippen molar-refractivity contribution in [2.75, 3.05) is 20.1 Å². The second-order valence-corrected chi connectivity index (χ2v) is 8.84. The van der Waals surface area contributed by atoms with Gasteiger partial charge in [-0.1, -0.05) is 24.3 Å². The molecule has 7 heteroatoms. The minimum atomic E-state index is -3.41. The molecular formula is C20H24N2O4S. The normalized spacial score (nSPS) is 17.6. The van der Waals surface area contributed by atoms with Crippen LogP contribution in [0.2, 0.25) is 0 Å². The van der Waals surface area contributed by atoms with E-state index in [1.54, 1.807) is 23.1 Å². The third-order valence-electron chi connectivity index (χ3n) is 4.72. The average molecular weight is 388 g/mol. The van der Waals surface area contributed by atoms with E-state index in [1.807, 2.05) is 37.3 Å². The highest BCUT2D eigenvalue weighted by Gasteiger charge is 2.32. The second-order valence-electron chi connectivity index (χ2n) is 6.68. The number of hydrogen-bond donors (Lipinski definition) is 1. The number of aryl methyl sites for hydroxylation is 1. The smallest absolute Gasteiger partial charge is 0.257 e. The summed E-state index contributed by atoms with van der Waals surface area (Å²) in [4.78, 5) is 14.7. The van der Waals surface area contributed by atoms with Crippen LogP contribution in [-0.2, 0) is 10.0 Å². The Morgan fingerprint density at radius 2 is 1.96 bits per heavy atom. The zero-order valence-electron chi connectivity index (χ0n) is 15.5. The van der Waals surface area contributed by atoms with Gasteiger partial charge >= 0.3 is 0 Å². The van der Waals surface area contributed by atoms with E-state index < -0.39 is 15.3 Å². The van der Waals surface area contributed by atoms with Gasteiger partial charge < -0.3 is 9.64 Å². The summed E-state index contributed by atoms with van der Waals surface area (Å²) in [7, 11) is -2.00. The fraction of sp³-hybridized carbons (Fsp3) is 0.350. The summed E-state index contributed by atoms with van der Waals surface area (Å²) in [6.45, 7) is 2.69. The number of rotatable bonds is 5. The number of piperidine rings is 1. The summed E-state index contributed by atoms with van der Waals surface area (Å²) in [5.41, 5.74) is 1.49. The molecule has 0 spiro atoms. The van der Waals surface area contributed by atoms with E-state index >= 15 is 0 Å². The molecule has 27 heavy (non-hydrogen) atoms. The van der Waals surface area contributed by atoms with Crippen LogP contribution in [0.1, 0.15) is 28.8 Å². The molecule has 1 saturated heterocycles. The van der Waals surface area contributed by atoms with E-state index in [0.29, 0.717) is 36.4 Å². The first-order valence-corrected chi connectivity index (χ1v) is 10.5. The highest BCUT2D eigenvalue weighted by Crippen LogP contribution is 2.28. The van der Waals surface area contributed by atoms with Crippen molar-refractivity contribution in [2.24, 2.45) is 0 Å². The largest absolute Gasteiger partial charge is 0.457 e. The maximum absolute atomic E-state index is 13.1. The van der Waals surface area contributed by atoms with Crippen molar-refractivity contribution in [3.8, 4) is 11.5 Å². The van der Waals surface area contributed by atoms with Crippen molar-refractivity contribution in [3.05, 3.63) is 59.7 Å². The number of nitrogens with one attached hydrogen (secondary N) is 1. The molecule has 2 aromatic rings. The molecule has 0 bridgehead atoms. The Kier molecular flexibility index (Phi) is 5.82. The summed E-state index contributed by atoms with van der Waals surface area (Å²) in [6, 6.07) is 14.7. The first kappa shape index (κ1) is 19.4. The lowest BCUT2D eigenvalue weighted by Crippen LogP contribution is -2.47. The summed E-state index contributed by atoms with van der Waals surface area (Å²) < 4.78 is 32.6. The van der Waals surface area contributed by atoms with Crippen molar-refractivity contribution in [1.29, 1.82) is 0 Å². The molecule has 3 rings (SSSR count). The van der Waals surface area contributed by atoms with Crippen LogP contribution in [0.15, 0.2) is 48.5 Å². The Labute approximate surface area is 160 Å². The van der Waals surface area contributed by atoms with Gasteiger partial charge in [0.05, 0.1) is 10.8 Å². The minimum absolute atomic E-state index is 0.181. The van der Waals surface area contributed by atoms with Crippen LogP contribution in [0, 0.1) is 6.92 Å². The van der Waals surface area contributed by atoms with E-state index in [-0.39, 0.29) is 12.5 Å². The van der Waals surface area contributed by atoms with Crippen molar-refractivity contribution < 1.29 is 17.9 Å². The lowest BCUT2D eigenvalue weighted by Gasteiger charge is -2.32. The van der Waals surface area contributed by atoms with Crippen molar-refractivity contribution in [3.63, 3.8) is 0 Å². The number of benzene rings is 2. The molecule has 1 aliphatic heterocycles. The molecule has 0 aliphatic carbocycles. The predicted octanol–water partition coefficient (Wildman–Crippen LogP) is 2.94. The van der Waals surface area contributed by atoms with Gasteiger partial charge in [0.1, 0.15) is 11.5 Å². The molecule has 2 aromatic carbocycles. The van der Waals surface area contributed by atoms with Crippen molar-refractivity contribution >= 4 is 15.9 Å². The maximum atomic E-state index is 13.1. The molecule has 6 nitrogen and oxygen atoms in total. The topological polar surface area (TPSA) is 75.7 Å². The maximum Gasteiger partial charge on any atom is 0.257 e. The summed E-state index contributed by atoms with van der Waals surface area (Å²) >= 11 is 0. The molecule has 1 N–H and O–H groups in total. The number of nitrogens with zero attached hydrogens (tertiary/aromatic N) is 1. The van der Waals surface area contributed by atoms with Crippen LogP contribution in [-0.4, -0.2) is 44.6 Å². The highest BCUT2D eigenvalue weighted by molar-refractivity contribution is 7.90. The quantitative estimate of drug-likeness (QED) is 0.854. The van der Waals surface area contributed by atoms with E-state index in [1.165, 1.54) is 7.05 Å². The monoisotopic (exact) mass is 388 g/mol. The summed E-state index contributed by atoms with van der Waals surface area (Å²) in [5, 5.41) is -0.593. The fourth-order valence-corrected chi connectivity index (χ4v) is 4.44. The van der Waals surface area contributed by atoms with Gasteiger partial charge in [0.25, 0.3) is 5.91 Å². The average Bonchev–Trinajstić information content (AvgIpc) is 2.68. The molecule has 1 aliphatic rings. The second kappa shape index (κ2) is 8.10. The first-order chi connectivity index (χ1) is 12.9. The van der Waals surface area contributed by atoms with E-state index in [2.05, 4.69) is 4.72 Å². The fourth-order valence-electron chi connectivity index (χ4n) is 3.25. The Balaban J connectivity index is 1.83. The zero-order valence-corrected chi connectivity index (χ0v) is 16.3. The van der Waals surface area contributed by atoms with Crippen LogP contribution < -0.4 is 9.46 Å². The van der Waals surface area contributed by atoms with Gasteiger partial charge in [-0.25, -0.2) is 13.1 Å². The van der Waals surface area contributed by atoms with Crippen LogP contribution in [0.3, 0.4) is 0 Å². The number of ether oxygens (including phenoxy) is 1. The molecule has 0 radical (unpaired) electrons. The summed E-state index contributed by atoms with van der Waals surface area (Å²) in [5.74, 6) is 0.908. The third-order valence-corrected chi connectivity index (χ3v) is 6.56. The Morgan fingerprint density at radius 1 is 1.19 bits per heavy atom.